The van der Waals surface area contributed by atoms with Gasteiger partial charge in [-0.25, -0.2) is 9.97 Å². The lowest BCUT2D eigenvalue weighted by Crippen LogP contribution is -1.89. The minimum Gasteiger partial charge on any atom is -0.507 e. The summed E-state index contributed by atoms with van der Waals surface area (Å²) in [5, 5.41) is 15.1. The lowest BCUT2D eigenvalue weighted by Gasteiger charge is -2.04. The first-order chi connectivity index (χ1) is 12.3. The first-order valence-electron chi connectivity index (χ1n) is 7.91. The van der Waals surface area contributed by atoms with Crippen LogP contribution in [-0.4, -0.2) is 20.1 Å². The number of fused-ring (bicyclic) bond motifs is 3. The van der Waals surface area contributed by atoms with Crippen molar-refractivity contribution in [2.45, 2.75) is 0 Å². The first-order valence-corrected chi connectivity index (χ1v) is 8.79. The summed E-state index contributed by atoms with van der Waals surface area (Å²) in [6.07, 6.45) is 1.93. The summed E-state index contributed by atoms with van der Waals surface area (Å²) in [4.78, 5) is 12.8. The number of nitrogens with one attached hydrogen (secondary N) is 1. The number of aromatic nitrogens is 3. The maximum absolute atomic E-state index is 10.1. The quantitative estimate of drug-likeness (QED) is 0.462. The lowest BCUT2D eigenvalue weighted by molar-refractivity contribution is 0.477. The third-order valence-electron chi connectivity index (χ3n) is 4.29. The van der Waals surface area contributed by atoms with Crippen LogP contribution in [0.25, 0.3) is 43.8 Å². The molecule has 25 heavy (non-hydrogen) atoms. The van der Waals surface area contributed by atoms with Gasteiger partial charge in [0.05, 0.1) is 16.6 Å². The molecule has 3 heterocycles. The number of phenolic OH excluding ortho intramolecular Hbond substituents is 1. The van der Waals surface area contributed by atoms with Crippen LogP contribution in [0.5, 0.6) is 5.75 Å². The molecule has 0 unspecified atom stereocenters. The van der Waals surface area contributed by atoms with Gasteiger partial charge in [-0.3, -0.25) is 0 Å². The number of hydrogen-bond donors (Lipinski definition) is 2. The molecule has 5 aromatic rings. The largest absolute Gasteiger partial charge is 0.507 e. The molecule has 0 radical (unpaired) electrons. The van der Waals surface area contributed by atoms with E-state index in [9.17, 15) is 5.11 Å². The predicted octanol–water partition coefficient (Wildman–Crippen LogP) is 5.21. The first kappa shape index (κ1) is 14.2. The number of rotatable bonds is 2. The van der Waals surface area contributed by atoms with E-state index < -0.39 is 0 Å². The summed E-state index contributed by atoms with van der Waals surface area (Å²) in [6.45, 7) is 0. The number of nitrogens with zero attached hydrogens (tertiary/aromatic N) is 2. The second kappa shape index (κ2) is 5.43. The SMILES string of the molecule is Oc1ccccc1-c1nc(-c2nc3ccccc3c3cc[nH]c23)cs1. The molecular weight excluding hydrogens is 330 g/mol. The van der Waals surface area contributed by atoms with Crippen molar-refractivity contribution in [3.63, 3.8) is 0 Å². The zero-order valence-electron chi connectivity index (χ0n) is 13.1. The van der Waals surface area contributed by atoms with Crippen LogP contribution in [0, 0.1) is 0 Å². The molecule has 0 saturated carbocycles. The number of thiazole rings is 1. The number of para-hydroxylation sites is 2. The van der Waals surface area contributed by atoms with Crippen LogP contribution < -0.4 is 0 Å². The number of aromatic hydroxyl groups is 1. The zero-order valence-corrected chi connectivity index (χ0v) is 13.9. The summed E-state index contributed by atoms with van der Waals surface area (Å²) in [7, 11) is 0. The van der Waals surface area contributed by atoms with Crippen molar-refractivity contribution in [2.75, 3.05) is 0 Å². The molecule has 0 amide bonds. The second-order valence-corrected chi connectivity index (χ2v) is 6.66. The molecule has 0 atom stereocenters. The van der Waals surface area contributed by atoms with Crippen molar-refractivity contribution in [1.29, 1.82) is 0 Å². The zero-order chi connectivity index (χ0) is 16.8. The van der Waals surface area contributed by atoms with Gasteiger partial charge in [-0.2, -0.15) is 0 Å². The van der Waals surface area contributed by atoms with Crippen LogP contribution in [0.15, 0.2) is 66.2 Å². The topological polar surface area (TPSA) is 61.8 Å². The summed E-state index contributed by atoms with van der Waals surface area (Å²) in [5.41, 5.74) is 4.30. The van der Waals surface area contributed by atoms with Crippen molar-refractivity contribution in [2.24, 2.45) is 0 Å². The van der Waals surface area contributed by atoms with Gasteiger partial charge >= 0.3 is 0 Å². The van der Waals surface area contributed by atoms with E-state index in [4.69, 9.17) is 9.97 Å². The molecular formula is C20H13N3OS. The number of pyridine rings is 1. The van der Waals surface area contributed by atoms with Gasteiger partial charge in [0.2, 0.25) is 0 Å². The Hall–Kier alpha value is -3.18. The van der Waals surface area contributed by atoms with Gasteiger partial charge in [-0.05, 0) is 24.3 Å². The summed E-state index contributed by atoms with van der Waals surface area (Å²) >= 11 is 1.50. The number of aromatic amines is 1. The van der Waals surface area contributed by atoms with Gasteiger partial charge < -0.3 is 10.1 Å². The van der Waals surface area contributed by atoms with Gasteiger partial charge in [0.15, 0.2) is 0 Å². The second-order valence-electron chi connectivity index (χ2n) is 5.80. The Morgan fingerprint density at radius 2 is 1.72 bits per heavy atom. The molecule has 5 rings (SSSR count). The van der Waals surface area contributed by atoms with E-state index in [0.717, 1.165) is 43.8 Å². The molecule has 2 N–H and O–H groups in total. The molecule has 4 nitrogen and oxygen atoms in total. The molecule has 0 aliphatic carbocycles. The normalized spacial score (nSPS) is 11.4. The van der Waals surface area contributed by atoms with Gasteiger partial charge in [-0.1, -0.05) is 30.3 Å². The lowest BCUT2D eigenvalue weighted by atomic mass is 10.1. The van der Waals surface area contributed by atoms with E-state index >= 15 is 0 Å². The Balaban J connectivity index is 1.74. The molecule has 2 aromatic carbocycles. The van der Waals surface area contributed by atoms with E-state index in [2.05, 4.69) is 17.1 Å². The highest BCUT2D eigenvalue weighted by Crippen LogP contribution is 2.36. The van der Waals surface area contributed by atoms with Crippen LogP contribution in [0.4, 0.5) is 0 Å². The van der Waals surface area contributed by atoms with Crippen LogP contribution in [0.1, 0.15) is 0 Å². The molecule has 0 bridgehead atoms. The van der Waals surface area contributed by atoms with Crippen LogP contribution in [0.2, 0.25) is 0 Å². The summed E-state index contributed by atoms with van der Waals surface area (Å²) in [5.74, 6) is 0.236. The van der Waals surface area contributed by atoms with Gasteiger partial charge in [-0.15, -0.1) is 11.3 Å². The molecule has 0 fully saturated rings. The van der Waals surface area contributed by atoms with Gasteiger partial charge in [0, 0.05) is 22.3 Å². The van der Waals surface area contributed by atoms with E-state index in [-0.39, 0.29) is 5.75 Å². The third kappa shape index (κ3) is 2.21. The number of H-pyrrole nitrogens is 1. The monoisotopic (exact) mass is 343 g/mol. The average Bonchev–Trinajstić information content (AvgIpc) is 3.31. The smallest absolute Gasteiger partial charge is 0.127 e. The number of benzene rings is 2. The van der Waals surface area contributed by atoms with Crippen LogP contribution >= 0.6 is 11.3 Å². The Bertz CT molecular complexity index is 1220. The summed E-state index contributed by atoms with van der Waals surface area (Å²) in [6, 6.07) is 17.4. The molecule has 0 aliphatic rings. The van der Waals surface area contributed by atoms with Crippen molar-refractivity contribution >= 4 is 33.1 Å². The predicted molar refractivity (Wildman–Crippen MR) is 102 cm³/mol. The number of phenols is 1. The van der Waals surface area contributed by atoms with Crippen molar-refractivity contribution in [1.82, 2.24) is 15.0 Å². The molecule has 0 saturated heterocycles. The average molecular weight is 343 g/mol. The van der Waals surface area contributed by atoms with Crippen molar-refractivity contribution < 1.29 is 5.11 Å². The van der Waals surface area contributed by atoms with Crippen molar-refractivity contribution in [3.8, 4) is 27.7 Å². The Morgan fingerprint density at radius 1 is 0.880 bits per heavy atom. The maximum atomic E-state index is 10.1. The Morgan fingerprint density at radius 3 is 2.64 bits per heavy atom. The van der Waals surface area contributed by atoms with E-state index in [1.54, 1.807) is 12.1 Å². The highest BCUT2D eigenvalue weighted by Gasteiger charge is 2.15. The highest BCUT2D eigenvalue weighted by molar-refractivity contribution is 7.13. The third-order valence-corrected chi connectivity index (χ3v) is 5.17. The van der Waals surface area contributed by atoms with Crippen LogP contribution in [-0.2, 0) is 0 Å². The van der Waals surface area contributed by atoms with E-state index in [0.29, 0.717) is 0 Å². The van der Waals surface area contributed by atoms with E-state index in [1.807, 2.05) is 41.9 Å². The molecule has 3 aromatic heterocycles. The summed E-state index contributed by atoms with van der Waals surface area (Å²) < 4.78 is 0. The molecule has 0 spiro atoms. The fraction of sp³-hybridized carbons (Fsp3) is 0. The van der Waals surface area contributed by atoms with Crippen LogP contribution in [0.3, 0.4) is 0 Å². The minimum atomic E-state index is 0.236. The fourth-order valence-electron chi connectivity index (χ4n) is 3.11. The van der Waals surface area contributed by atoms with Gasteiger partial charge in [0.1, 0.15) is 22.1 Å². The molecule has 120 valence electrons. The standard InChI is InChI=1S/C20H13N3OS/c24-17-8-4-2-6-14(17)20-23-16(11-25-20)19-18-13(9-10-21-18)12-5-1-3-7-15(12)22-19/h1-11,21,24H. The molecule has 0 aliphatic heterocycles. The maximum Gasteiger partial charge on any atom is 0.127 e. The number of hydrogen-bond acceptors (Lipinski definition) is 4. The minimum absolute atomic E-state index is 0.236. The molecule has 5 heteroatoms. The van der Waals surface area contributed by atoms with Crippen molar-refractivity contribution in [3.05, 3.63) is 66.2 Å². The fourth-order valence-corrected chi connectivity index (χ4v) is 3.95. The van der Waals surface area contributed by atoms with E-state index in [1.165, 1.54) is 11.3 Å². The highest BCUT2D eigenvalue weighted by atomic mass is 32.1. The van der Waals surface area contributed by atoms with Gasteiger partial charge in [0.25, 0.3) is 0 Å². The Labute approximate surface area is 147 Å². The Kier molecular flexibility index (Phi) is 3.08.